The third-order valence-corrected chi connectivity index (χ3v) is 3.24. The Morgan fingerprint density at radius 3 is 2.43 bits per heavy atom. The predicted molar refractivity (Wildman–Crippen MR) is 82.9 cm³/mol. The quantitative estimate of drug-likeness (QED) is 0.888. The van der Waals surface area contributed by atoms with Crippen molar-refractivity contribution in [1.29, 1.82) is 0 Å². The van der Waals surface area contributed by atoms with Crippen molar-refractivity contribution < 1.29 is 14.6 Å². The lowest BCUT2D eigenvalue weighted by Crippen LogP contribution is -2.12. The van der Waals surface area contributed by atoms with Crippen LogP contribution in [0.2, 0.25) is 0 Å². The average Bonchev–Trinajstić information content (AvgIpc) is 2.49. The molecule has 0 aliphatic heterocycles. The van der Waals surface area contributed by atoms with Gasteiger partial charge in [0.1, 0.15) is 12.4 Å². The Balaban J connectivity index is 2.03. The monoisotopic (exact) mass is 285 g/mol. The van der Waals surface area contributed by atoms with Gasteiger partial charge in [-0.05, 0) is 61.4 Å². The molecular weight excluding hydrogens is 266 g/mol. The number of amides is 1. The van der Waals surface area contributed by atoms with Crippen molar-refractivity contribution in [3.05, 3.63) is 59.2 Å². The molecule has 4 heteroatoms. The lowest BCUT2D eigenvalue weighted by molar-refractivity contribution is 0.102. The standard InChI is InChI=1S/C17H19NO3/c1-12-3-4-14(11-13(12)2)17(20)18-15-5-7-16(8-6-15)21-10-9-19/h3-8,11,19H,9-10H2,1-2H3,(H,18,20). The molecular formula is C17H19NO3. The van der Waals surface area contributed by atoms with Crippen LogP contribution in [0.1, 0.15) is 21.5 Å². The van der Waals surface area contributed by atoms with E-state index in [1.54, 1.807) is 24.3 Å². The number of carbonyl (C=O) groups excluding carboxylic acids is 1. The molecule has 0 saturated carbocycles. The molecule has 0 aliphatic rings. The average molecular weight is 285 g/mol. The van der Waals surface area contributed by atoms with Gasteiger partial charge >= 0.3 is 0 Å². The molecule has 0 spiro atoms. The summed E-state index contributed by atoms with van der Waals surface area (Å²) in [7, 11) is 0. The van der Waals surface area contributed by atoms with Crippen LogP contribution in [0, 0.1) is 13.8 Å². The van der Waals surface area contributed by atoms with E-state index < -0.39 is 0 Å². The summed E-state index contributed by atoms with van der Waals surface area (Å²) >= 11 is 0. The first-order chi connectivity index (χ1) is 10.1. The van der Waals surface area contributed by atoms with Gasteiger partial charge in [0.15, 0.2) is 0 Å². The van der Waals surface area contributed by atoms with Crippen LogP contribution in [0.25, 0.3) is 0 Å². The molecule has 0 fully saturated rings. The molecule has 2 aromatic rings. The molecule has 110 valence electrons. The number of aryl methyl sites for hydroxylation is 2. The zero-order chi connectivity index (χ0) is 15.2. The van der Waals surface area contributed by atoms with Gasteiger partial charge in [-0.25, -0.2) is 0 Å². The highest BCUT2D eigenvalue weighted by atomic mass is 16.5. The van der Waals surface area contributed by atoms with Gasteiger partial charge in [-0.15, -0.1) is 0 Å². The highest BCUT2D eigenvalue weighted by Crippen LogP contribution is 2.17. The summed E-state index contributed by atoms with van der Waals surface area (Å²) in [4.78, 5) is 12.2. The molecule has 0 saturated heterocycles. The summed E-state index contributed by atoms with van der Waals surface area (Å²) in [5.41, 5.74) is 3.60. The number of carbonyl (C=O) groups is 1. The summed E-state index contributed by atoms with van der Waals surface area (Å²) in [6.07, 6.45) is 0. The molecule has 0 unspecified atom stereocenters. The van der Waals surface area contributed by atoms with Crippen molar-refractivity contribution in [3.8, 4) is 5.75 Å². The second kappa shape index (κ2) is 6.90. The van der Waals surface area contributed by atoms with Crippen LogP contribution < -0.4 is 10.1 Å². The van der Waals surface area contributed by atoms with E-state index in [4.69, 9.17) is 9.84 Å². The summed E-state index contributed by atoms with van der Waals surface area (Å²) in [6.45, 7) is 4.24. The van der Waals surface area contributed by atoms with Gasteiger partial charge < -0.3 is 15.2 Å². The zero-order valence-corrected chi connectivity index (χ0v) is 12.2. The smallest absolute Gasteiger partial charge is 0.255 e. The fraction of sp³-hybridized carbons (Fsp3) is 0.235. The Morgan fingerprint density at radius 1 is 1.10 bits per heavy atom. The van der Waals surface area contributed by atoms with E-state index >= 15 is 0 Å². The number of nitrogens with one attached hydrogen (secondary N) is 1. The molecule has 1 amide bonds. The van der Waals surface area contributed by atoms with E-state index in [-0.39, 0.29) is 19.1 Å². The van der Waals surface area contributed by atoms with Crippen LogP contribution in [0.4, 0.5) is 5.69 Å². The lowest BCUT2D eigenvalue weighted by atomic mass is 10.1. The largest absolute Gasteiger partial charge is 0.491 e. The number of benzene rings is 2. The van der Waals surface area contributed by atoms with E-state index in [0.29, 0.717) is 17.0 Å². The van der Waals surface area contributed by atoms with Crippen LogP contribution >= 0.6 is 0 Å². The van der Waals surface area contributed by atoms with Crippen LogP contribution in [-0.2, 0) is 0 Å². The first-order valence-electron chi connectivity index (χ1n) is 6.82. The molecule has 0 atom stereocenters. The summed E-state index contributed by atoms with van der Waals surface area (Å²) in [5, 5.41) is 11.5. The summed E-state index contributed by atoms with van der Waals surface area (Å²) in [5.74, 6) is 0.523. The number of aliphatic hydroxyl groups excluding tert-OH is 1. The number of hydrogen-bond acceptors (Lipinski definition) is 3. The number of anilines is 1. The highest BCUT2D eigenvalue weighted by molar-refractivity contribution is 6.04. The number of ether oxygens (including phenoxy) is 1. The summed E-state index contributed by atoms with van der Waals surface area (Å²) < 4.78 is 5.27. The summed E-state index contributed by atoms with van der Waals surface area (Å²) in [6, 6.07) is 12.7. The molecule has 0 heterocycles. The van der Waals surface area contributed by atoms with Crippen molar-refractivity contribution >= 4 is 11.6 Å². The predicted octanol–water partition coefficient (Wildman–Crippen LogP) is 2.93. The normalized spacial score (nSPS) is 10.2. The van der Waals surface area contributed by atoms with Gasteiger partial charge in [-0.2, -0.15) is 0 Å². The Kier molecular flexibility index (Phi) is 4.95. The fourth-order valence-electron chi connectivity index (χ4n) is 1.88. The van der Waals surface area contributed by atoms with Gasteiger partial charge in [0.05, 0.1) is 6.61 Å². The van der Waals surface area contributed by atoms with Crippen molar-refractivity contribution in [2.45, 2.75) is 13.8 Å². The van der Waals surface area contributed by atoms with E-state index in [9.17, 15) is 4.79 Å². The van der Waals surface area contributed by atoms with Gasteiger partial charge in [-0.1, -0.05) is 6.07 Å². The van der Waals surface area contributed by atoms with Crippen LogP contribution in [0.15, 0.2) is 42.5 Å². The fourth-order valence-corrected chi connectivity index (χ4v) is 1.88. The highest BCUT2D eigenvalue weighted by Gasteiger charge is 2.07. The lowest BCUT2D eigenvalue weighted by Gasteiger charge is -2.08. The van der Waals surface area contributed by atoms with E-state index in [2.05, 4.69) is 5.32 Å². The third kappa shape index (κ3) is 4.07. The van der Waals surface area contributed by atoms with Crippen molar-refractivity contribution in [2.75, 3.05) is 18.5 Å². The van der Waals surface area contributed by atoms with Gasteiger partial charge in [0, 0.05) is 11.3 Å². The maximum absolute atomic E-state index is 12.2. The van der Waals surface area contributed by atoms with Crippen LogP contribution in [0.5, 0.6) is 5.75 Å². The molecule has 0 radical (unpaired) electrons. The SMILES string of the molecule is Cc1ccc(C(=O)Nc2ccc(OCCO)cc2)cc1C. The number of rotatable bonds is 5. The van der Waals surface area contributed by atoms with Gasteiger partial charge in [0.2, 0.25) is 0 Å². The maximum Gasteiger partial charge on any atom is 0.255 e. The molecule has 2 aromatic carbocycles. The van der Waals surface area contributed by atoms with Gasteiger partial charge in [-0.3, -0.25) is 4.79 Å². The van der Waals surface area contributed by atoms with Crippen LogP contribution in [0.3, 0.4) is 0 Å². The number of hydrogen-bond donors (Lipinski definition) is 2. The molecule has 2 rings (SSSR count). The number of aliphatic hydroxyl groups is 1. The topological polar surface area (TPSA) is 58.6 Å². The molecule has 2 N–H and O–H groups in total. The minimum Gasteiger partial charge on any atom is -0.491 e. The second-order valence-electron chi connectivity index (χ2n) is 4.85. The van der Waals surface area contributed by atoms with E-state index in [1.807, 2.05) is 32.0 Å². The molecule has 21 heavy (non-hydrogen) atoms. The molecule has 0 aliphatic carbocycles. The van der Waals surface area contributed by atoms with E-state index in [1.165, 1.54) is 0 Å². The van der Waals surface area contributed by atoms with Crippen molar-refractivity contribution in [1.82, 2.24) is 0 Å². The Bertz CT molecular complexity index is 620. The van der Waals surface area contributed by atoms with Crippen LogP contribution in [-0.4, -0.2) is 24.2 Å². The van der Waals surface area contributed by atoms with E-state index in [0.717, 1.165) is 11.1 Å². The minimum absolute atomic E-state index is 0.0226. The van der Waals surface area contributed by atoms with Crippen molar-refractivity contribution in [2.24, 2.45) is 0 Å². The Hall–Kier alpha value is -2.33. The Morgan fingerprint density at radius 2 is 1.81 bits per heavy atom. The molecule has 0 aromatic heterocycles. The first kappa shape index (κ1) is 15.1. The van der Waals surface area contributed by atoms with Crippen molar-refractivity contribution in [3.63, 3.8) is 0 Å². The minimum atomic E-state index is -0.137. The third-order valence-electron chi connectivity index (χ3n) is 3.24. The molecule has 4 nitrogen and oxygen atoms in total. The maximum atomic E-state index is 12.2. The zero-order valence-electron chi connectivity index (χ0n) is 12.2. The first-order valence-corrected chi connectivity index (χ1v) is 6.82. The molecule has 0 bridgehead atoms. The van der Waals surface area contributed by atoms with Gasteiger partial charge in [0.25, 0.3) is 5.91 Å². The Labute approximate surface area is 124 Å². The second-order valence-corrected chi connectivity index (χ2v) is 4.85.